The van der Waals surface area contributed by atoms with Crippen LogP contribution in [0.3, 0.4) is 0 Å². The molecule has 39 heavy (non-hydrogen) atoms. The Labute approximate surface area is 196 Å². The van der Waals surface area contributed by atoms with Crippen molar-refractivity contribution < 1.29 is 111 Å². The van der Waals surface area contributed by atoms with Gasteiger partial charge in [-0.2, -0.15) is 101 Å². The summed E-state index contributed by atoms with van der Waals surface area (Å²) < 4.78 is 304. The zero-order valence-electron chi connectivity index (χ0n) is 16.8. The van der Waals surface area contributed by atoms with E-state index < -0.39 is 77.6 Å². The van der Waals surface area contributed by atoms with Crippen molar-refractivity contribution in [3.8, 4) is 0 Å². The topological polar surface area (TPSA) is 26.3 Å². The van der Waals surface area contributed by atoms with Crippen molar-refractivity contribution >= 4 is 5.97 Å². The molecule has 0 saturated carbocycles. The molecule has 0 rings (SSSR count). The standard InChI is InChI=1S/C14H3F23O2/c1-2-3(38)39-12(31,8(23,24)4(15,16)6(19,20)10(27,28)13(32,33)34)9(25,26)5(17,18)7(21,22)11(29,30)14(35,36)37/h2H,1H2. The number of rotatable bonds is 10. The normalized spacial score (nSPS) is 16.3. The number of alkyl halides is 23. The summed E-state index contributed by atoms with van der Waals surface area (Å²) in [7, 11) is 0. The minimum Gasteiger partial charge on any atom is -0.413 e. The lowest BCUT2D eigenvalue weighted by Gasteiger charge is -2.46. The van der Waals surface area contributed by atoms with Crippen LogP contribution in [0.25, 0.3) is 0 Å². The van der Waals surface area contributed by atoms with Gasteiger partial charge in [0.05, 0.1) is 0 Å². The molecule has 0 amide bonds. The molecule has 0 saturated heterocycles. The Morgan fingerprint density at radius 1 is 0.410 bits per heavy atom. The van der Waals surface area contributed by atoms with Gasteiger partial charge in [-0.05, 0) is 0 Å². The third-order valence-corrected chi connectivity index (χ3v) is 4.29. The van der Waals surface area contributed by atoms with E-state index in [0.717, 1.165) is 0 Å². The Bertz CT molecular complexity index is 875. The predicted octanol–water partition coefficient (Wildman–Crippen LogP) is 7.59. The van der Waals surface area contributed by atoms with Crippen molar-refractivity contribution in [2.45, 2.75) is 65.6 Å². The molecule has 0 unspecified atom stereocenters. The van der Waals surface area contributed by atoms with Gasteiger partial charge in [0.1, 0.15) is 0 Å². The van der Waals surface area contributed by atoms with Gasteiger partial charge in [0.25, 0.3) is 0 Å². The van der Waals surface area contributed by atoms with E-state index >= 15 is 0 Å². The Hall–Kier alpha value is -2.40. The van der Waals surface area contributed by atoms with Crippen molar-refractivity contribution in [3.05, 3.63) is 12.7 Å². The summed E-state index contributed by atoms with van der Waals surface area (Å²) in [5.74, 6) is -84.7. The van der Waals surface area contributed by atoms with E-state index in [9.17, 15) is 106 Å². The van der Waals surface area contributed by atoms with Gasteiger partial charge < -0.3 is 4.74 Å². The summed E-state index contributed by atoms with van der Waals surface area (Å²) in [6.07, 6.45) is -17.3. The Morgan fingerprint density at radius 3 is 0.795 bits per heavy atom. The number of halogens is 23. The molecular formula is C14H3F23O2. The van der Waals surface area contributed by atoms with Crippen LogP contribution in [0.4, 0.5) is 101 Å². The average molecular weight is 640 g/mol. The lowest BCUT2D eigenvalue weighted by atomic mass is 9.85. The van der Waals surface area contributed by atoms with Crippen LogP contribution in [0.1, 0.15) is 0 Å². The molecule has 0 bridgehead atoms. The summed E-state index contributed by atoms with van der Waals surface area (Å²) >= 11 is 0. The summed E-state index contributed by atoms with van der Waals surface area (Å²) in [5, 5.41) is 0. The maximum Gasteiger partial charge on any atom is 0.460 e. The molecule has 0 aromatic heterocycles. The molecule has 2 nitrogen and oxygen atoms in total. The van der Waals surface area contributed by atoms with E-state index in [1.54, 1.807) is 0 Å². The van der Waals surface area contributed by atoms with Gasteiger partial charge in [-0.25, -0.2) is 4.79 Å². The lowest BCUT2D eigenvalue weighted by Crippen LogP contribution is -2.79. The van der Waals surface area contributed by atoms with Gasteiger partial charge in [-0.1, -0.05) is 6.58 Å². The zero-order chi connectivity index (χ0) is 32.5. The van der Waals surface area contributed by atoms with E-state index in [1.165, 1.54) is 0 Å². The van der Waals surface area contributed by atoms with Gasteiger partial charge in [0, 0.05) is 6.08 Å². The average Bonchev–Trinajstić information content (AvgIpc) is 2.70. The minimum absolute atomic E-state index is 1.10. The maximum atomic E-state index is 14.5. The molecule has 0 fully saturated rings. The Balaban J connectivity index is 7.78. The number of hydrogen-bond acceptors (Lipinski definition) is 2. The molecule has 0 spiro atoms. The molecular weight excluding hydrogens is 637 g/mol. The molecule has 232 valence electrons. The second-order valence-electron chi connectivity index (χ2n) is 6.81. The van der Waals surface area contributed by atoms with Crippen molar-refractivity contribution in [2.75, 3.05) is 0 Å². The number of ether oxygens (including phenoxy) is 1. The first-order chi connectivity index (χ1) is 16.5. The van der Waals surface area contributed by atoms with Crippen LogP contribution in [-0.2, 0) is 9.53 Å². The molecule has 0 aliphatic heterocycles. The highest BCUT2D eigenvalue weighted by molar-refractivity contribution is 5.81. The first kappa shape index (κ1) is 36.6. The van der Waals surface area contributed by atoms with E-state index in [4.69, 9.17) is 0 Å². The summed E-state index contributed by atoms with van der Waals surface area (Å²) in [6.45, 7) is 1.93. The molecule has 0 aliphatic rings. The van der Waals surface area contributed by atoms with E-state index in [0.29, 0.717) is 0 Å². The molecule has 0 N–H and O–H groups in total. The van der Waals surface area contributed by atoms with Crippen LogP contribution in [0.2, 0.25) is 0 Å². The molecule has 0 heterocycles. The second kappa shape index (κ2) is 9.06. The highest BCUT2D eigenvalue weighted by atomic mass is 19.4. The van der Waals surface area contributed by atoms with Crippen molar-refractivity contribution in [1.82, 2.24) is 0 Å². The van der Waals surface area contributed by atoms with Crippen molar-refractivity contribution in [2.24, 2.45) is 0 Å². The summed E-state index contributed by atoms with van der Waals surface area (Å²) in [6, 6.07) is 0. The van der Waals surface area contributed by atoms with Gasteiger partial charge >= 0.3 is 71.6 Å². The fourth-order valence-electron chi connectivity index (χ4n) is 2.05. The summed E-state index contributed by atoms with van der Waals surface area (Å²) in [4.78, 5) is 10.8. The number of carbonyl (C=O) groups is 1. The molecule has 0 radical (unpaired) electrons. The summed E-state index contributed by atoms with van der Waals surface area (Å²) in [5.41, 5.74) is 0. The van der Waals surface area contributed by atoms with Crippen molar-refractivity contribution in [3.63, 3.8) is 0 Å². The quantitative estimate of drug-likeness (QED) is 0.140. The first-order valence-corrected chi connectivity index (χ1v) is 8.16. The van der Waals surface area contributed by atoms with Gasteiger partial charge in [0.2, 0.25) is 0 Å². The highest BCUT2D eigenvalue weighted by Crippen LogP contribution is 2.67. The smallest absolute Gasteiger partial charge is 0.413 e. The SMILES string of the molecule is C=CC(=O)OC(F)(C(F)(F)C(F)(F)C(F)(F)C(F)(F)C(F)(F)F)C(F)(F)C(F)(F)C(F)(F)C(F)(F)C(F)(F)F. The lowest BCUT2D eigenvalue weighted by molar-refractivity contribution is -0.492. The highest BCUT2D eigenvalue weighted by Gasteiger charge is 2.99. The van der Waals surface area contributed by atoms with Crippen LogP contribution in [0.5, 0.6) is 0 Å². The van der Waals surface area contributed by atoms with E-state index in [1.807, 2.05) is 11.3 Å². The van der Waals surface area contributed by atoms with Crippen LogP contribution in [-0.4, -0.2) is 71.6 Å². The van der Waals surface area contributed by atoms with Crippen LogP contribution in [0, 0.1) is 0 Å². The monoisotopic (exact) mass is 640 g/mol. The van der Waals surface area contributed by atoms with Gasteiger partial charge in [-0.3, -0.25) is 0 Å². The molecule has 0 aromatic carbocycles. The van der Waals surface area contributed by atoms with Crippen LogP contribution in [0.15, 0.2) is 12.7 Å². The Kier molecular flexibility index (Phi) is 8.50. The maximum absolute atomic E-state index is 14.5. The van der Waals surface area contributed by atoms with Crippen LogP contribution >= 0.6 is 0 Å². The minimum atomic E-state index is -9.26. The van der Waals surface area contributed by atoms with E-state index in [-0.39, 0.29) is 0 Å². The fraction of sp³-hybridized carbons (Fsp3) is 0.786. The van der Waals surface area contributed by atoms with Gasteiger partial charge in [0.15, 0.2) is 0 Å². The number of carbonyl (C=O) groups excluding carboxylic acids is 1. The van der Waals surface area contributed by atoms with Gasteiger partial charge in [-0.15, -0.1) is 0 Å². The molecule has 0 atom stereocenters. The molecule has 0 aliphatic carbocycles. The molecule has 25 heteroatoms. The fourth-order valence-corrected chi connectivity index (χ4v) is 2.05. The Morgan fingerprint density at radius 2 is 0.615 bits per heavy atom. The third-order valence-electron chi connectivity index (χ3n) is 4.29. The molecule has 0 aromatic rings. The third kappa shape index (κ3) is 4.49. The zero-order valence-corrected chi connectivity index (χ0v) is 16.8. The van der Waals surface area contributed by atoms with E-state index in [2.05, 4.69) is 0 Å². The van der Waals surface area contributed by atoms with Crippen LogP contribution < -0.4 is 0 Å². The van der Waals surface area contributed by atoms with Crippen molar-refractivity contribution in [1.29, 1.82) is 0 Å². The number of esters is 1. The number of hydrogen-bond donors (Lipinski definition) is 0. The second-order valence-corrected chi connectivity index (χ2v) is 6.81. The first-order valence-electron chi connectivity index (χ1n) is 8.16. The predicted molar refractivity (Wildman–Crippen MR) is 71.8 cm³/mol. The largest absolute Gasteiger partial charge is 0.460 e.